The van der Waals surface area contributed by atoms with Crippen LogP contribution in [0.5, 0.6) is 0 Å². The molecule has 0 spiro atoms. The summed E-state index contributed by atoms with van der Waals surface area (Å²) < 4.78 is 1.75. The van der Waals surface area contributed by atoms with Gasteiger partial charge in [-0.25, -0.2) is 0 Å². The molecule has 1 aromatic carbocycles. The normalized spacial score (nSPS) is 10.5. The summed E-state index contributed by atoms with van der Waals surface area (Å²) in [6.07, 6.45) is 3.38. The highest BCUT2D eigenvalue weighted by molar-refractivity contribution is 6.35. The molecule has 25 heavy (non-hydrogen) atoms. The molecule has 0 radical (unpaired) electrons. The van der Waals surface area contributed by atoms with Gasteiger partial charge in [-0.1, -0.05) is 29.3 Å². The lowest BCUT2D eigenvalue weighted by molar-refractivity contribution is -0.688. The van der Waals surface area contributed by atoms with E-state index in [1.54, 1.807) is 69.4 Å². The van der Waals surface area contributed by atoms with Crippen molar-refractivity contribution in [2.45, 2.75) is 6.54 Å². The van der Waals surface area contributed by atoms with Crippen LogP contribution in [-0.2, 0) is 6.54 Å². The largest absolute Gasteiger partial charge is 0.345 e. The summed E-state index contributed by atoms with van der Waals surface area (Å²) in [5.41, 5.74) is 1.57. The number of amides is 2. The summed E-state index contributed by atoms with van der Waals surface area (Å²) in [5, 5.41) is 1.06. The van der Waals surface area contributed by atoms with Crippen molar-refractivity contribution in [2.75, 3.05) is 28.2 Å². The van der Waals surface area contributed by atoms with Crippen molar-refractivity contribution >= 4 is 35.0 Å². The summed E-state index contributed by atoms with van der Waals surface area (Å²) in [5.74, 6) is -0.375. The zero-order chi connectivity index (χ0) is 18.7. The van der Waals surface area contributed by atoms with Crippen LogP contribution in [0.2, 0.25) is 10.0 Å². The predicted molar refractivity (Wildman–Crippen MR) is 98.2 cm³/mol. The van der Waals surface area contributed by atoms with Crippen molar-refractivity contribution in [3.8, 4) is 0 Å². The number of aromatic nitrogens is 1. The number of carbonyl (C=O) groups excluding carboxylic acids is 2. The third-order valence-electron chi connectivity index (χ3n) is 3.63. The first kappa shape index (κ1) is 19.2. The molecule has 0 bridgehead atoms. The summed E-state index contributed by atoms with van der Waals surface area (Å²) in [7, 11) is 6.66. The summed E-state index contributed by atoms with van der Waals surface area (Å²) in [4.78, 5) is 27.7. The van der Waals surface area contributed by atoms with Crippen LogP contribution in [0.4, 0.5) is 0 Å². The Morgan fingerprint density at radius 2 is 1.36 bits per heavy atom. The number of carbonyl (C=O) groups is 2. The first-order chi connectivity index (χ1) is 11.7. The van der Waals surface area contributed by atoms with Crippen LogP contribution < -0.4 is 4.57 Å². The minimum Gasteiger partial charge on any atom is -0.345 e. The zero-order valence-electron chi connectivity index (χ0n) is 14.6. The standard InChI is InChI=1S/C18H20Cl2N3O2/c1-21(2)17(24)12-8-13(18(25)22(3)4)10-23(9-12)11-14-15(19)6-5-7-16(14)20/h5-10H,11H2,1-4H3/q+1. The van der Waals surface area contributed by atoms with Crippen LogP contribution in [0.3, 0.4) is 0 Å². The van der Waals surface area contributed by atoms with E-state index in [0.29, 0.717) is 27.7 Å². The minimum absolute atomic E-state index is 0.188. The molecule has 0 N–H and O–H groups in total. The quantitative estimate of drug-likeness (QED) is 0.765. The molecule has 2 rings (SSSR count). The van der Waals surface area contributed by atoms with E-state index < -0.39 is 0 Å². The number of rotatable bonds is 4. The molecule has 0 aliphatic rings. The van der Waals surface area contributed by atoms with Gasteiger partial charge in [0.1, 0.15) is 11.1 Å². The lowest BCUT2D eigenvalue weighted by atomic mass is 10.1. The van der Waals surface area contributed by atoms with Gasteiger partial charge in [0.25, 0.3) is 11.8 Å². The van der Waals surface area contributed by atoms with Gasteiger partial charge in [-0.3, -0.25) is 9.59 Å². The van der Waals surface area contributed by atoms with Gasteiger partial charge in [0, 0.05) is 28.2 Å². The van der Waals surface area contributed by atoms with E-state index in [2.05, 4.69) is 0 Å². The second kappa shape index (κ2) is 7.85. The average molecular weight is 381 g/mol. The molecule has 2 amide bonds. The van der Waals surface area contributed by atoms with Crippen molar-refractivity contribution < 1.29 is 14.2 Å². The van der Waals surface area contributed by atoms with E-state index >= 15 is 0 Å². The maximum absolute atomic E-state index is 12.4. The Morgan fingerprint density at radius 3 is 1.76 bits per heavy atom. The van der Waals surface area contributed by atoms with E-state index in [-0.39, 0.29) is 11.8 Å². The van der Waals surface area contributed by atoms with E-state index in [1.165, 1.54) is 9.80 Å². The maximum Gasteiger partial charge on any atom is 0.259 e. The summed E-state index contributed by atoms with van der Waals surface area (Å²) >= 11 is 12.5. The second-order valence-electron chi connectivity index (χ2n) is 6.08. The predicted octanol–water partition coefficient (Wildman–Crippen LogP) is 2.73. The van der Waals surface area contributed by atoms with Crippen LogP contribution in [0.15, 0.2) is 36.7 Å². The van der Waals surface area contributed by atoms with E-state index in [4.69, 9.17) is 23.2 Å². The summed E-state index contributed by atoms with van der Waals surface area (Å²) in [6, 6.07) is 6.87. The van der Waals surface area contributed by atoms with Crippen LogP contribution in [0.25, 0.3) is 0 Å². The molecular weight excluding hydrogens is 361 g/mol. The van der Waals surface area contributed by atoms with Crippen LogP contribution in [0.1, 0.15) is 26.3 Å². The fourth-order valence-corrected chi connectivity index (χ4v) is 2.86. The SMILES string of the molecule is CN(C)C(=O)c1cc(C(=O)N(C)C)c[n+](Cc2c(Cl)cccc2Cl)c1. The highest BCUT2D eigenvalue weighted by Gasteiger charge is 2.21. The molecule has 0 atom stereocenters. The van der Waals surface area contributed by atoms with Crippen molar-refractivity contribution in [2.24, 2.45) is 0 Å². The molecule has 0 saturated heterocycles. The van der Waals surface area contributed by atoms with E-state index in [1.807, 2.05) is 0 Å². The molecule has 0 aliphatic heterocycles. The molecule has 2 aromatic rings. The van der Waals surface area contributed by atoms with Crippen molar-refractivity contribution in [1.82, 2.24) is 9.80 Å². The van der Waals surface area contributed by atoms with Gasteiger partial charge in [0.2, 0.25) is 0 Å². The monoisotopic (exact) mass is 380 g/mol. The minimum atomic E-state index is -0.188. The van der Waals surface area contributed by atoms with Gasteiger partial charge in [-0.05, 0) is 18.2 Å². The number of halogens is 2. The second-order valence-corrected chi connectivity index (χ2v) is 6.90. The third-order valence-corrected chi connectivity index (χ3v) is 4.34. The highest BCUT2D eigenvalue weighted by atomic mass is 35.5. The number of hydrogen-bond donors (Lipinski definition) is 0. The first-order valence-corrected chi connectivity index (χ1v) is 8.36. The number of benzene rings is 1. The first-order valence-electron chi connectivity index (χ1n) is 7.61. The molecule has 0 fully saturated rings. The Balaban J connectivity index is 2.53. The molecule has 0 unspecified atom stereocenters. The van der Waals surface area contributed by atoms with Crippen molar-refractivity contribution in [1.29, 1.82) is 0 Å². The molecule has 0 aliphatic carbocycles. The number of hydrogen-bond acceptors (Lipinski definition) is 2. The van der Waals surface area contributed by atoms with Gasteiger partial charge in [0.05, 0.1) is 15.6 Å². The summed E-state index contributed by atoms with van der Waals surface area (Å²) in [6.45, 7) is 0.348. The fraction of sp³-hybridized carbons (Fsp3) is 0.278. The Labute approximate surface area is 157 Å². The molecule has 132 valence electrons. The Bertz CT molecular complexity index is 761. The Hall–Kier alpha value is -2.11. The lowest BCUT2D eigenvalue weighted by Gasteiger charge is -2.13. The van der Waals surface area contributed by atoms with Gasteiger partial charge in [-0.2, -0.15) is 4.57 Å². The van der Waals surface area contributed by atoms with E-state index in [0.717, 1.165) is 5.56 Å². The van der Waals surface area contributed by atoms with Crippen molar-refractivity contribution in [3.63, 3.8) is 0 Å². The average Bonchev–Trinajstić information content (AvgIpc) is 2.56. The maximum atomic E-state index is 12.4. The fourth-order valence-electron chi connectivity index (χ4n) is 2.34. The zero-order valence-corrected chi connectivity index (χ0v) is 16.1. The van der Waals surface area contributed by atoms with Crippen molar-refractivity contribution in [3.05, 3.63) is 63.4 Å². The molecule has 7 heteroatoms. The Kier molecular flexibility index (Phi) is 6.03. The highest BCUT2D eigenvalue weighted by Crippen LogP contribution is 2.24. The molecule has 1 aromatic heterocycles. The smallest absolute Gasteiger partial charge is 0.259 e. The lowest BCUT2D eigenvalue weighted by Crippen LogP contribution is -2.38. The van der Waals surface area contributed by atoms with Crippen LogP contribution in [-0.4, -0.2) is 49.8 Å². The molecule has 0 saturated carbocycles. The third kappa shape index (κ3) is 4.50. The molecule has 1 heterocycles. The number of pyridine rings is 1. The van der Waals surface area contributed by atoms with Gasteiger partial charge in [-0.15, -0.1) is 0 Å². The topological polar surface area (TPSA) is 44.5 Å². The number of nitrogens with zero attached hydrogens (tertiary/aromatic N) is 3. The Morgan fingerprint density at radius 1 is 0.920 bits per heavy atom. The molecule has 5 nitrogen and oxygen atoms in total. The molecular formula is C18H20Cl2N3O2+. The van der Waals surface area contributed by atoms with E-state index in [9.17, 15) is 9.59 Å². The van der Waals surface area contributed by atoms with Gasteiger partial charge >= 0.3 is 0 Å². The van der Waals surface area contributed by atoms with Crippen LogP contribution >= 0.6 is 23.2 Å². The van der Waals surface area contributed by atoms with Crippen LogP contribution in [0, 0.1) is 0 Å². The van der Waals surface area contributed by atoms with Gasteiger partial charge in [0.15, 0.2) is 18.9 Å². The van der Waals surface area contributed by atoms with Gasteiger partial charge < -0.3 is 9.80 Å².